The smallest absolute Gasteiger partial charge is 0.222 e. The quantitative estimate of drug-likeness (QED) is 0.612. The van der Waals surface area contributed by atoms with Crippen LogP contribution in [-0.4, -0.2) is 23.9 Å². The number of amides is 1. The van der Waals surface area contributed by atoms with Gasteiger partial charge in [-0.25, -0.2) is 0 Å². The van der Waals surface area contributed by atoms with Crippen molar-refractivity contribution in [2.75, 3.05) is 7.05 Å². The molecule has 0 saturated carbocycles. The third-order valence-corrected chi connectivity index (χ3v) is 2.59. The number of hydrogen-bond acceptors (Lipinski definition) is 1. The minimum Gasteiger partial charge on any atom is -0.339 e. The van der Waals surface area contributed by atoms with Crippen LogP contribution < -0.4 is 0 Å². The number of hydrogen-bond donors (Lipinski definition) is 0. The van der Waals surface area contributed by atoms with Crippen LogP contribution in [0.1, 0.15) is 39.0 Å². The summed E-state index contributed by atoms with van der Waals surface area (Å²) in [5, 5.41) is 0. The van der Waals surface area contributed by atoms with Crippen LogP contribution in [0.5, 0.6) is 0 Å². The van der Waals surface area contributed by atoms with Crippen LogP contribution in [-0.2, 0) is 4.79 Å². The second-order valence-corrected chi connectivity index (χ2v) is 3.68. The van der Waals surface area contributed by atoms with E-state index in [0.29, 0.717) is 6.04 Å². The molecule has 1 fully saturated rings. The summed E-state index contributed by atoms with van der Waals surface area (Å²) >= 11 is 0. The van der Waals surface area contributed by atoms with E-state index in [1.54, 1.807) is 0 Å². The minimum absolute atomic E-state index is 0.289. The van der Waals surface area contributed by atoms with Gasteiger partial charge in [0.25, 0.3) is 0 Å². The van der Waals surface area contributed by atoms with Crippen molar-refractivity contribution in [3.8, 4) is 0 Å². The third kappa shape index (κ3) is 2.87. The Labute approximate surface area is 80.6 Å². The Morgan fingerprint density at radius 3 is 3.08 bits per heavy atom. The van der Waals surface area contributed by atoms with E-state index in [-0.39, 0.29) is 5.91 Å². The highest BCUT2D eigenvalue weighted by molar-refractivity contribution is 5.77. The molecule has 74 valence electrons. The van der Waals surface area contributed by atoms with Gasteiger partial charge in [-0.3, -0.25) is 4.79 Å². The van der Waals surface area contributed by atoms with Crippen molar-refractivity contribution in [3.05, 3.63) is 12.2 Å². The molecule has 0 aromatic heterocycles. The molecule has 2 heteroatoms. The Hall–Kier alpha value is -0.790. The highest BCUT2D eigenvalue weighted by atomic mass is 16.2. The first-order chi connectivity index (χ1) is 6.25. The topological polar surface area (TPSA) is 20.3 Å². The molecule has 1 unspecified atom stereocenters. The number of likely N-dealkylation sites (N-methyl/N-ethyl adjacent to an activating group) is 1. The van der Waals surface area contributed by atoms with Gasteiger partial charge in [0, 0.05) is 19.5 Å². The van der Waals surface area contributed by atoms with Crippen LogP contribution in [0, 0.1) is 0 Å². The van der Waals surface area contributed by atoms with E-state index in [0.717, 1.165) is 25.7 Å². The number of rotatable bonds is 3. The molecular formula is C11H19NO. The Morgan fingerprint density at radius 2 is 2.38 bits per heavy atom. The zero-order valence-electron chi connectivity index (χ0n) is 8.62. The third-order valence-electron chi connectivity index (χ3n) is 2.59. The molecular weight excluding hydrogens is 162 g/mol. The maximum Gasteiger partial charge on any atom is 0.222 e. The molecule has 2 nitrogen and oxygen atoms in total. The van der Waals surface area contributed by atoms with E-state index in [1.165, 1.54) is 6.42 Å². The first kappa shape index (κ1) is 10.3. The van der Waals surface area contributed by atoms with Gasteiger partial charge in [0.1, 0.15) is 0 Å². The van der Waals surface area contributed by atoms with Crippen LogP contribution in [0.4, 0.5) is 0 Å². The van der Waals surface area contributed by atoms with Gasteiger partial charge in [0.05, 0.1) is 0 Å². The van der Waals surface area contributed by atoms with Crippen molar-refractivity contribution in [2.24, 2.45) is 0 Å². The molecule has 1 aliphatic heterocycles. The lowest BCUT2D eigenvalue weighted by atomic mass is 10.0. The zero-order chi connectivity index (χ0) is 9.68. The van der Waals surface area contributed by atoms with Crippen LogP contribution in [0.25, 0.3) is 0 Å². The monoisotopic (exact) mass is 181 g/mol. The highest BCUT2D eigenvalue weighted by Gasteiger charge is 2.21. The molecule has 1 atom stereocenters. The molecule has 0 spiro atoms. The summed E-state index contributed by atoms with van der Waals surface area (Å²) in [7, 11) is 1.91. The fourth-order valence-electron chi connectivity index (χ4n) is 1.66. The minimum atomic E-state index is 0.289. The predicted molar refractivity (Wildman–Crippen MR) is 54.5 cm³/mol. The van der Waals surface area contributed by atoms with Crippen molar-refractivity contribution in [1.29, 1.82) is 0 Å². The number of carbonyl (C=O) groups is 1. The van der Waals surface area contributed by atoms with Gasteiger partial charge in [-0.05, 0) is 19.3 Å². The zero-order valence-corrected chi connectivity index (χ0v) is 8.62. The van der Waals surface area contributed by atoms with Gasteiger partial charge in [0.2, 0.25) is 5.91 Å². The normalized spacial score (nSPS) is 24.3. The summed E-state index contributed by atoms with van der Waals surface area (Å²) in [6.45, 7) is 2.17. The number of likely N-dealkylation sites (tertiary alicyclic amines) is 1. The first-order valence-electron chi connectivity index (χ1n) is 5.18. The predicted octanol–water partition coefficient (Wildman–Crippen LogP) is 2.35. The summed E-state index contributed by atoms with van der Waals surface area (Å²) in [6, 6.07) is 0.354. The van der Waals surface area contributed by atoms with E-state index in [4.69, 9.17) is 0 Å². The van der Waals surface area contributed by atoms with Gasteiger partial charge < -0.3 is 4.90 Å². The molecule has 0 N–H and O–H groups in total. The molecule has 0 bridgehead atoms. The SMILES string of the molecule is CCC/C=C/C1CCCC(=O)N1C. The van der Waals surface area contributed by atoms with Gasteiger partial charge in [-0.2, -0.15) is 0 Å². The first-order valence-corrected chi connectivity index (χ1v) is 5.18. The molecule has 0 aliphatic carbocycles. The fraction of sp³-hybridized carbons (Fsp3) is 0.727. The number of unbranched alkanes of at least 4 members (excludes halogenated alkanes) is 1. The Balaban J connectivity index is 2.43. The van der Waals surface area contributed by atoms with E-state index in [9.17, 15) is 4.79 Å². The van der Waals surface area contributed by atoms with Crippen molar-refractivity contribution in [3.63, 3.8) is 0 Å². The molecule has 1 aliphatic rings. The van der Waals surface area contributed by atoms with Crippen LogP contribution in [0.15, 0.2) is 12.2 Å². The summed E-state index contributed by atoms with van der Waals surface area (Å²) in [4.78, 5) is 13.2. The van der Waals surface area contributed by atoms with Crippen molar-refractivity contribution < 1.29 is 4.79 Å². The van der Waals surface area contributed by atoms with Gasteiger partial charge in [0.15, 0.2) is 0 Å². The molecule has 1 saturated heterocycles. The molecule has 0 radical (unpaired) electrons. The average molecular weight is 181 g/mol. The highest BCUT2D eigenvalue weighted by Crippen LogP contribution is 2.17. The molecule has 0 aromatic carbocycles. The van der Waals surface area contributed by atoms with Crippen molar-refractivity contribution in [1.82, 2.24) is 4.90 Å². The van der Waals surface area contributed by atoms with Crippen LogP contribution in [0.3, 0.4) is 0 Å². The standard InChI is InChI=1S/C11H19NO/c1-3-4-5-7-10-8-6-9-11(13)12(10)2/h5,7,10H,3-4,6,8-9H2,1-2H3/b7-5+. The number of carbonyl (C=O) groups excluding carboxylic acids is 1. The lowest BCUT2D eigenvalue weighted by molar-refractivity contribution is -0.133. The maximum absolute atomic E-state index is 11.3. The number of piperidine rings is 1. The number of nitrogens with zero attached hydrogens (tertiary/aromatic N) is 1. The van der Waals surface area contributed by atoms with E-state index in [2.05, 4.69) is 19.1 Å². The van der Waals surface area contributed by atoms with Gasteiger partial charge in [-0.1, -0.05) is 25.5 Å². The summed E-state index contributed by atoms with van der Waals surface area (Å²) < 4.78 is 0. The fourth-order valence-corrected chi connectivity index (χ4v) is 1.66. The van der Waals surface area contributed by atoms with Crippen LogP contribution in [0.2, 0.25) is 0 Å². The van der Waals surface area contributed by atoms with E-state index in [1.807, 2.05) is 11.9 Å². The number of allylic oxidation sites excluding steroid dienone is 1. The van der Waals surface area contributed by atoms with E-state index >= 15 is 0 Å². The van der Waals surface area contributed by atoms with Crippen LogP contribution >= 0.6 is 0 Å². The molecule has 13 heavy (non-hydrogen) atoms. The average Bonchev–Trinajstić information content (AvgIpc) is 2.13. The second kappa shape index (κ2) is 5.05. The lowest BCUT2D eigenvalue weighted by Gasteiger charge is -2.30. The van der Waals surface area contributed by atoms with Gasteiger partial charge >= 0.3 is 0 Å². The molecule has 0 aromatic rings. The summed E-state index contributed by atoms with van der Waals surface area (Å²) in [5.41, 5.74) is 0. The van der Waals surface area contributed by atoms with Gasteiger partial charge in [-0.15, -0.1) is 0 Å². The Kier molecular flexibility index (Phi) is 4.00. The molecule has 1 amide bonds. The Morgan fingerprint density at radius 1 is 1.62 bits per heavy atom. The Bertz CT molecular complexity index is 198. The summed E-state index contributed by atoms with van der Waals surface area (Å²) in [6.07, 6.45) is 9.58. The maximum atomic E-state index is 11.3. The summed E-state index contributed by atoms with van der Waals surface area (Å²) in [5.74, 6) is 0.289. The van der Waals surface area contributed by atoms with E-state index < -0.39 is 0 Å². The van der Waals surface area contributed by atoms with Crippen molar-refractivity contribution >= 4 is 5.91 Å². The molecule has 1 rings (SSSR count). The van der Waals surface area contributed by atoms with Crippen molar-refractivity contribution in [2.45, 2.75) is 45.1 Å². The molecule has 1 heterocycles. The second-order valence-electron chi connectivity index (χ2n) is 3.68. The largest absolute Gasteiger partial charge is 0.339 e. The lowest BCUT2D eigenvalue weighted by Crippen LogP contribution is -2.39.